The third kappa shape index (κ3) is 6.20. The average molecular weight is 377 g/mol. The lowest BCUT2D eigenvalue weighted by molar-refractivity contribution is -0.656. The molecule has 0 aliphatic rings. The highest BCUT2D eigenvalue weighted by Crippen LogP contribution is 2.00. The lowest BCUT2D eigenvalue weighted by Gasteiger charge is -2.08. The molecule has 2 rings (SSSR count). The number of hydrogen-bond donors (Lipinski definition) is 4. The Hall–Kier alpha value is -3.24. The van der Waals surface area contributed by atoms with E-state index in [0.717, 1.165) is 16.3 Å². The third-order valence-corrected chi connectivity index (χ3v) is 3.59. The second kappa shape index (κ2) is 10.0. The summed E-state index contributed by atoms with van der Waals surface area (Å²) < 4.78 is 6.08. The van der Waals surface area contributed by atoms with E-state index in [4.69, 9.17) is 9.84 Å². The molecule has 1 aromatic heterocycles. The smallest absolute Gasteiger partial charge is 0.414 e. The van der Waals surface area contributed by atoms with E-state index in [1.807, 2.05) is 16.4 Å². The number of carbonyl (C=O) groups is 2. The van der Waals surface area contributed by atoms with Crippen molar-refractivity contribution in [1.29, 1.82) is 0 Å². The Morgan fingerprint density at radius 1 is 1.19 bits per heavy atom. The maximum atomic E-state index is 12.1. The van der Waals surface area contributed by atoms with E-state index >= 15 is 0 Å². The van der Waals surface area contributed by atoms with Crippen molar-refractivity contribution in [2.45, 2.75) is 13.2 Å². The van der Waals surface area contributed by atoms with Gasteiger partial charge in [-0.25, -0.2) is 9.59 Å². The first-order valence-electron chi connectivity index (χ1n) is 8.29. The summed E-state index contributed by atoms with van der Waals surface area (Å²) in [4.78, 5) is 49.5. The van der Waals surface area contributed by atoms with Crippen molar-refractivity contribution in [3.63, 3.8) is 0 Å². The molecule has 0 radical (unpaired) electrons. The molecule has 0 saturated heterocycles. The Labute approximate surface area is 153 Å². The van der Waals surface area contributed by atoms with Gasteiger partial charge in [-0.2, -0.15) is 0 Å². The van der Waals surface area contributed by atoms with Crippen LogP contribution in [0.3, 0.4) is 0 Å². The van der Waals surface area contributed by atoms with Crippen molar-refractivity contribution in [1.82, 2.24) is 14.9 Å². The zero-order chi connectivity index (χ0) is 19.6. The van der Waals surface area contributed by atoms with Crippen molar-refractivity contribution in [2.75, 3.05) is 19.7 Å². The summed E-state index contributed by atoms with van der Waals surface area (Å²) in [6.07, 6.45) is 0.0885. The molecule has 0 spiro atoms. The number of nitrogens with two attached hydrogens (primary N) is 1. The van der Waals surface area contributed by atoms with Crippen LogP contribution in [0.1, 0.15) is 15.9 Å². The highest BCUT2D eigenvalue weighted by molar-refractivity contribution is 6.02. The number of aromatic amines is 1. The normalized spacial score (nSPS) is 10.4. The number of aromatic nitrogens is 2. The van der Waals surface area contributed by atoms with Gasteiger partial charge in [0.05, 0.1) is 26.2 Å². The van der Waals surface area contributed by atoms with Crippen molar-refractivity contribution in [3.05, 3.63) is 68.5 Å². The van der Waals surface area contributed by atoms with E-state index in [-0.39, 0.29) is 25.3 Å². The zero-order valence-electron chi connectivity index (χ0n) is 14.5. The van der Waals surface area contributed by atoms with Crippen LogP contribution < -0.4 is 21.9 Å². The van der Waals surface area contributed by atoms with Gasteiger partial charge in [-0.05, 0) is 5.56 Å². The van der Waals surface area contributed by atoms with Crippen LogP contribution in [0.4, 0.5) is 4.79 Å². The van der Waals surface area contributed by atoms with Crippen molar-refractivity contribution < 1.29 is 24.7 Å². The molecule has 2 aromatic rings. The molecule has 1 heterocycles. The summed E-state index contributed by atoms with van der Waals surface area (Å²) in [5, 5.41) is 12.5. The predicted octanol–water partition coefficient (Wildman–Crippen LogP) is -1.84. The van der Waals surface area contributed by atoms with Gasteiger partial charge in [-0.3, -0.25) is 24.5 Å². The number of aliphatic hydroxyl groups excluding tert-OH is 1. The van der Waals surface area contributed by atoms with Crippen LogP contribution in [-0.4, -0.2) is 46.4 Å². The van der Waals surface area contributed by atoms with Gasteiger partial charge in [0.2, 0.25) is 0 Å². The van der Waals surface area contributed by atoms with Gasteiger partial charge in [-0.15, -0.1) is 0 Å². The first kappa shape index (κ1) is 20.1. The molecular formula is C17H21N4O6+. The molecule has 144 valence electrons. The molecule has 0 aliphatic carbocycles. The molecule has 0 bridgehead atoms. The van der Waals surface area contributed by atoms with Crippen LogP contribution in [0.2, 0.25) is 0 Å². The number of alkyl carbamates (subject to hydrolysis) is 1. The molecule has 0 atom stereocenters. The second-order valence-electron chi connectivity index (χ2n) is 5.60. The average Bonchev–Trinajstić information content (AvgIpc) is 2.65. The molecule has 27 heavy (non-hydrogen) atoms. The standard InChI is InChI=1S/C17H20N4O6/c22-9-7-18-6-8-21-10-13(14(23)19-16(21)25)15(24)20-17(26)27-11-12-4-2-1-3-5-12/h1-5,10,18,22H,6-9,11H2,(H,19,23,25)(H,20,24,26)/p+1. The molecule has 10 heteroatoms. The lowest BCUT2D eigenvalue weighted by Crippen LogP contribution is -2.85. The molecule has 1 aromatic carbocycles. The lowest BCUT2D eigenvalue weighted by atomic mass is 10.2. The third-order valence-electron chi connectivity index (χ3n) is 3.59. The highest BCUT2D eigenvalue weighted by atomic mass is 16.5. The van der Waals surface area contributed by atoms with E-state index in [1.54, 1.807) is 29.6 Å². The second-order valence-corrected chi connectivity index (χ2v) is 5.60. The van der Waals surface area contributed by atoms with Crippen LogP contribution in [0, 0.1) is 0 Å². The number of H-pyrrole nitrogens is 1. The van der Waals surface area contributed by atoms with Crippen LogP contribution in [-0.2, 0) is 17.9 Å². The number of quaternary nitrogens is 1. The molecule has 0 aliphatic heterocycles. The number of rotatable bonds is 8. The predicted molar refractivity (Wildman–Crippen MR) is 94.2 cm³/mol. The molecule has 0 fully saturated rings. The highest BCUT2D eigenvalue weighted by Gasteiger charge is 2.17. The topological polar surface area (TPSA) is 147 Å². The number of carbonyl (C=O) groups excluding carboxylic acids is 2. The molecule has 2 amide bonds. The summed E-state index contributed by atoms with van der Waals surface area (Å²) in [5.74, 6) is -0.970. The maximum Gasteiger partial charge on any atom is 0.414 e. The quantitative estimate of drug-likeness (QED) is 0.398. The summed E-state index contributed by atoms with van der Waals surface area (Å²) >= 11 is 0. The fourth-order valence-electron chi connectivity index (χ4n) is 2.22. The maximum absolute atomic E-state index is 12.1. The Balaban J connectivity index is 1.98. The van der Waals surface area contributed by atoms with Gasteiger partial charge in [0.15, 0.2) is 0 Å². The van der Waals surface area contributed by atoms with Crippen LogP contribution in [0.15, 0.2) is 46.1 Å². The largest absolute Gasteiger partial charge is 0.444 e. The van der Waals surface area contributed by atoms with Gasteiger partial charge < -0.3 is 15.2 Å². The number of imide groups is 1. The minimum absolute atomic E-state index is 0.000724. The van der Waals surface area contributed by atoms with Gasteiger partial charge in [0.25, 0.3) is 11.5 Å². The Kier molecular flexibility index (Phi) is 7.47. The molecule has 0 unspecified atom stereocenters. The Bertz CT molecular complexity index is 890. The number of nitrogens with one attached hydrogen (secondary N) is 2. The van der Waals surface area contributed by atoms with Gasteiger partial charge >= 0.3 is 11.8 Å². The Morgan fingerprint density at radius 2 is 1.93 bits per heavy atom. The summed E-state index contributed by atoms with van der Waals surface area (Å²) in [7, 11) is 0. The van der Waals surface area contributed by atoms with Crippen LogP contribution >= 0.6 is 0 Å². The number of ether oxygens (including phenoxy) is 1. The number of nitrogens with zero attached hydrogens (tertiary/aromatic N) is 1. The summed E-state index contributed by atoms with van der Waals surface area (Å²) in [6, 6.07) is 8.88. The molecule has 10 nitrogen and oxygen atoms in total. The number of amides is 2. The van der Waals surface area contributed by atoms with Gasteiger partial charge in [0.1, 0.15) is 12.2 Å². The summed E-state index contributed by atoms with van der Waals surface area (Å²) in [6.45, 7) is 1.12. The van der Waals surface area contributed by atoms with Crippen molar-refractivity contribution in [3.8, 4) is 0 Å². The fourth-order valence-corrected chi connectivity index (χ4v) is 2.22. The van der Waals surface area contributed by atoms with E-state index in [9.17, 15) is 19.2 Å². The molecule has 0 saturated carbocycles. The molecule has 5 N–H and O–H groups in total. The summed E-state index contributed by atoms with van der Waals surface area (Å²) in [5.41, 5.74) is -1.21. The van der Waals surface area contributed by atoms with E-state index in [1.165, 1.54) is 0 Å². The fraction of sp³-hybridized carbons (Fsp3) is 0.294. The minimum atomic E-state index is -1.00. The van der Waals surface area contributed by atoms with E-state index < -0.39 is 23.2 Å². The monoisotopic (exact) mass is 377 g/mol. The molecular weight excluding hydrogens is 356 g/mol. The zero-order valence-corrected chi connectivity index (χ0v) is 14.5. The number of benzene rings is 1. The van der Waals surface area contributed by atoms with Gasteiger partial charge in [-0.1, -0.05) is 30.3 Å². The van der Waals surface area contributed by atoms with E-state index in [2.05, 4.69) is 0 Å². The first-order valence-corrected chi connectivity index (χ1v) is 8.29. The first-order chi connectivity index (χ1) is 13.0. The van der Waals surface area contributed by atoms with Crippen LogP contribution in [0.5, 0.6) is 0 Å². The SMILES string of the molecule is O=C(NC(=O)c1cn(CC[NH2+]CCO)c(=O)[nH]c1=O)OCc1ccccc1. The number of hydrogen-bond acceptors (Lipinski definition) is 6. The van der Waals surface area contributed by atoms with Crippen LogP contribution in [0.25, 0.3) is 0 Å². The van der Waals surface area contributed by atoms with E-state index in [0.29, 0.717) is 13.1 Å². The van der Waals surface area contributed by atoms with Gasteiger partial charge in [0, 0.05) is 6.20 Å². The van der Waals surface area contributed by atoms with Crippen molar-refractivity contribution in [2.24, 2.45) is 0 Å². The van der Waals surface area contributed by atoms with Crippen molar-refractivity contribution >= 4 is 12.0 Å². The minimum Gasteiger partial charge on any atom is -0.444 e. The Morgan fingerprint density at radius 3 is 2.63 bits per heavy atom. The number of aliphatic hydroxyl groups is 1.